The summed E-state index contributed by atoms with van der Waals surface area (Å²) in [5, 5.41) is 3.18. The zero-order valence-corrected chi connectivity index (χ0v) is 13.2. The SMILES string of the molecule is CC1C(N)CCC(C(=O)NCC2CCOCC2)C1(C)C. The molecule has 4 heteroatoms. The quantitative estimate of drug-likeness (QED) is 0.831. The zero-order valence-electron chi connectivity index (χ0n) is 13.2. The number of ether oxygens (including phenoxy) is 1. The molecule has 1 saturated heterocycles. The van der Waals surface area contributed by atoms with Gasteiger partial charge in [-0.05, 0) is 42.9 Å². The number of carbonyl (C=O) groups is 1. The van der Waals surface area contributed by atoms with Gasteiger partial charge in [0.05, 0.1) is 0 Å². The molecule has 1 amide bonds. The van der Waals surface area contributed by atoms with Gasteiger partial charge in [0.15, 0.2) is 0 Å². The molecular formula is C16H30N2O2. The van der Waals surface area contributed by atoms with E-state index in [0.29, 0.717) is 11.8 Å². The van der Waals surface area contributed by atoms with E-state index >= 15 is 0 Å². The minimum atomic E-state index is -0.0164. The summed E-state index contributed by atoms with van der Waals surface area (Å²) >= 11 is 0. The van der Waals surface area contributed by atoms with E-state index in [1.165, 1.54) is 0 Å². The zero-order chi connectivity index (χ0) is 14.8. The number of hydrogen-bond donors (Lipinski definition) is 2. The second-order valence-electron chi connectivity index (χ2n) is 7.20. The molecule has 1 saturated carbocycles. The van der Waals surface area contributed by atoms with Gasteiger partial charge in [-0.1, -0.05) is 20.8 Å². The molecule has 3 N–H and O–H groups in total. The molecule has 3 unspecified atom stereocenters. The van der Waals surface area contributed by atoms with Gasteiger partial charge >= 0.3 is 0 Å². The number of nitrogens with one attached hydrogen (secondary N) is 1. The van der Waals surface area contributed by atoms with Crippen LogP contribution in [0, 0.1) is 23.2 Å². The predicted molar refractivity (Wildman–Crippen MR) is 80.2 cm³/mol. The number of amides is 1. The fraction of sp³-hybridized carbons (Fsp3) is 0.938. The maximum Gasteiger partial charge on any atom is 0.223 e. The Morgan fingerprint density at radius 3 is 2.55 bits per heavy atom. The summed E-state index contributed by atoms with van der Waals surface area (Å²) in [4.78, 5) is 12.5. The lowest BCUT2D eigenvalue weighted by molar-refractivity contribution is -0.132. The minimum absolute atomic E-state index is 0.0164. The molecule has 4 nitrogen and oxygen atoms in total. The molecular weight excluding hydrogens is 252 g/mol. The van der Waals surface area contributed by atoms with Crippen molar-refractivity contribution in [3.63, 3.8) is 0 Å². The van der Waals surface area contributed by atoms with Gasteiger partial charge in [-0.15, -0.1) is 0 Å². The normalized spacial score (nSPS) is 34.7. The lowest BCUT2D eigenvalue weighted by Gasteiger charge is -2.46. The Hall–Kier alpha value is -0.610. The average molecular weight is 282 g/mol. The van der Waals surface area contributed by atoms with E-state index in [2.05, 4.69) is 26.1 Å². The molecule has 1 aliphatic heterocycles. The van der Waals surface area contributed by atoms with Crippen LogP contribution in [0.1, 0.15) is 46.5 Å². The summed E-state index contributed by atoms with van der Waals surface area (Å²) in [5.74, 6) is 1.28. The van der Waals surface area contributed by atoms with Gasteiger partial charge in [-0.25, -0.2) is 0 Å². The van der Waals surface area contributed by atoms with Crippen molar-refractivity contribution < 1.29 is 9.53 Å². The topological polar surface area (TPSA) is 64.4 Å². The third-order valence-electron chi connectivity index (χ3n) is 5.72. The number of rotatable bonds is 3. The van der Waals surface area contributed by atoms with Crippen LogP contribution in [-0.2, 0) is 9.53 Å². The first-order valence-corrected chi connectivity index (χ1v) is 8.04. The van der Waals surface area contributed by atoms with Crippen LogP contribution in [0.4, 0.5) is 0 Å². The first-order chi connectivity index (χ1) is 9.43. The predicted octanol–water partition coefficient (Wildman–Crippen LogP) is 1.93. The lowest BCUT2D eigenvalue weighted by atomic mass is 9.61. The molecule has 0 aromatic rings. The molecule has 2 fully saturated rings. The molecule has 0 radical (unpaired) electrons. The van der Waals surface area contributed by atoms with Gasteiger partial charge in [-0.3, -0.25) is 4.79 Å². The van der Waals surface area contributed by atoms with Crippen LogP contribution in [-0.4, -0.2) is 31.7 Å². The molecule has 0 aromatic heterocycles. The fourth-order valence-corrected chi connectivity index (χ4v) is 3.64. The second kappa shape index (κ2) is 6.44. The van der Waals surface area contributed by atoms with Crippen molar-refractivity contribution in [2.75, 3.05) is 19.8 Å². The van der Waals surface area contributed by atoms with Gasteiger partial charge in [0.2, 0.25) is 5.91 Å². The molecule has 0 bridgehead atoms. The summed E-state index contributed by atoms with van der Waals surface area (Å²) in [7, 11) is 0. The van der Waals surface area contributed by atoms with Crippen molar-refractivity contribution in [1.29, 1.82) is 0 Å². The highest BCUT2D eigenvalue weighted by Gasteiger charge is 2.44. The van der Waals surface area contributed by atoms with Gasteiger partial charge in [0.1, 0.15) is 0 Å². The molecule has 1 heterocycles. The molecule has 0 aromatic carbocycles. The molecule has 2 rings (SSSR count). The highest BCUT2D eigenvalue weighted by molar-refractivity contribution is 5.79. The number of hydrogen-bond acceptors (Lipinski definition) is 3. The van der Waals surface area contributed by atoms with E-state index in [1.807, 2.05) is 0 Å². The third kappa shape index (κ3) is 3.34. The van der Waals surface area contributed by atoms with Crippen LogP contribution < -0.4 is 11.1 Å². The first kappa shape index (κ1) is 15.8. The maximum atomic E-state index is 12.5. The number of carbonyl (C=O) groups excluding carboxylic acids is 1. The Kier molecular flexibility index (Phi) is 5.08. The molecule has 2 aliphatic rings. The summed E-state index contributed by atoms with van der Waals surface area (Å²) < 4.78 is 5.36. The van der Waals surface area contributed by atoms with Crippen LogP contribution in [0.15, 0.2) is 0 Å². The summed E-state index contributed by atoms with van der Waals surface area (Å²) in [5.41, 5.74) is 6.15. The summed E-state index contributed by atoms with van der Waals surface area (Å²) in [6, 6.07) is 0.226. The van der Waals surface area contributed by atoms with Crippen molar-refractivity contribution in [2.45, 2.75) is 52.5 Å². The van der Waals surface area contributed by atoms with Crippen molar-refractivity contribution in [1.82, 2.24) is 5.32 Å². The third-order valence-corrected chi connectivity index (χ3v) is 5.72. The van der Waals surface area contributed by atoms with Crippen LogP contribution in [0.5, 0.6) is 0 Å². The Bertz CT molecular complexity index is 337. The molecule has 3 atom stereocenters. The molecule has 1 aliphatic carbocycles. The fourth-order valence-electron chi connectivity index (χ4n) is 3.64. The van der Waals surface area contributed by atoms with Gasteiger partial charge in [-0.2, -0.15) is 0 Å². The monoisotopic (exact) mass is 282 g/mol. The summed E-state index contributed by atoms with van der Waals surface area (Å²) in [6.45, 7) is 9.03. The van der Waals surface area contributed by atoms with Crippen LogP contribution in [0.25, 0.3) is 0 Å². The van der Waals surface area contributed by atoms with Gasteiger partial charge < -0.3 is 15.8 Å². The van der Waals surface area contributed by atoms with Crippen LogP contribution in [0.3, 0.4) is 0 Å². The van der Waals surface area contributed by atoms with Crippen LogP contribution >= 0.6 is 0 Å². The Morgan fingerprint density at radius 1 is 1.25 bits per heavy atom. The second-order valence-corrected chi connectivity index (χ2v) is 7.20. The van der Waals surface area contributed by atoms with Crippen LogP contribution in [0.2, 0.25) is 0 Å². The van der Waals surface area contributed by atoms with E-state index in [9.17, 15) is 4.79 Å². The van der Waals surface area contributed by atoms with E-state index < -0.39 is 0 Å². The molecule has 20 heavy (non-hydrogen) atoms. The standard InChI is InChI=1S/C16H30N2O2/c1-11-14(17)5-4-13(16(11,2)3)15(19)18-10-12-6-8-20-9-7-12/h11-14H,4-10,17H2,1-3H3,(H,18,19). The van der Waals surface area contributed by atoms with Crippen molar-refractivity contribution in [3.05, 3.63) is 0 Å². The highest BCUT2D eigenvalue weighted by atomic mass is 16.5. The van der Waals surface area contributed by atoms with Gasteiger partial charge in [0, 0.05) is 31.7 Å². The largest absolute Gasteiger partial charge is 0.381 e. The summed E-state index contributed by atoms with van der Waals surface area (Å²) in [6.07, 6.45) is 4.00. The average Bonchev–Trinajstić information content (AvgIpc) is 2.43. The maximum absolute atomic E-state index is 12.5. The highest BCUT2D eigenvalue weighted by Crippen LogP contribution is 2.44. The van der Waals surface area contributed by atoms with E-state index in [0.717, 1.165) is 45.4 Å². The van der Waals surface area contributed by atoms with E-state index in [-0.39, 0.29) is 23.3 Å². The Labute approximate surface area is 122 Å². The first-order valence-electron chi connectivity index (χ1n) is 8.04. The van der Waals surface area contributed by atoms with E-state index in [4.69, 9.17) is 10.5 Å². The Morgan fingerprint density at radius 2 is 1.90 bits per heavy atom. The van der Waals surface area contributed by atoms with Crippen molar-refractivity contribution in [3.8, 4) is 0 Å². The molecule has 116 valence electrons. The lowest BCUT2D eigenvalue weighted by Crippen LogP contribution is -2.52. The Balaban J connectivity index is 1.88. The van der Waals surface area contributed by atoms with Crippen molar-refractivity contribution >= 4 is 5.91 Å². The smallest absolute Gasteiger partial charge is 0.223 e. The molecule has 0 spiro atoms. The van der Waals surface area contributed by atoms with Gasteiger partial charge in [0.25, 0.3) is 0 Å². The van der Waals surface area contributed by atoms with E-state index in [1.54, 1.807) is 0 Å². The number of nitrogens with two attached hydrogens (primary N) is 1. The van der Waals surface area contributed by atoms with Crippen molar-refractivity contribution in [2.24, 2.45) is 28.9 Å². The minimum Gasteiger partial charge on any atom is -0.381 e.